The zero-order chi connectivity index (χ0) is 20.9. The van der Waals surface area contributed by atoms with Crippen LogP contribution in [0.5, 0.6) is 5.75 Å². The number of aryl methyl sites for hydroxylation is 1. The summed E-state index contributed by atoms with van der Waals surface area (Å²) >= 11 is 0. The molecule has 5 nitrogen and oxygen atoms in total. The molecule has 1 atom stereocenters. The molecule has 1 N–H and O–H groups in total. The minimum absolute atomic E-state index is 0.115. The third-order valence-corrected chi connectivity index (χ3v) is 5.24. The second-order valence-electron chi connectivity index (χ2n) is 7.14. The van der Waals surface area contributed by atoms with Crippen LogP contribution in [-0.4, -0.2) is 32.7 Å². The normalized spacial score (nSPS) is 12.6. The van der Waals surface area contributed by atoms with Gasteiger partial charge in [0.15, 0.2) is 9.84 Å². The Bertz CT molecular complexity index is 924. The Balaban J connectivity index is 1.94. The molecule has 0 radical (unpaired) electrons. The summed E-state index contributed by atoms with van der Waals surface area (Å²) in [6.45, 7) is 5.81. The summed E-state index contributed by atoms with van der Waals surface area (Å²) in [5, 5.41) is 2.82. The van der Waals surface area contributed by atoms with Crippen molar-refractivity contribution < 1.29 is 22.3 Å². The standard InChI is InChI=1S/C21H26FNO4S/c1-14(2)27-18-10-7-16(8-11-18)6-5-15(3)23-21(24)17-9-12-19(22)20(13-17)28(4,25)26/h7-15H,5-6H2,1-4H3,(H,23,24). The molecule has 0 saturated heterocycles. The molecule has 152 valence electrons. The van der Waals surface area contributed by atoms with Crippen LogP contribution >= 0.6 is 0 Å². The lowest BCUT2D eigenvalue weighted by atomic mass is 10.1. The van der Waals surface area contributed by atoms with Gasteiger partial charge in [-0.05, 0) is 69.5 Å². The second-order valence-corrected chi connectivity index (χ2v) is 9.13. The molecular weight excluding hydrogens is 381 g/mol. The van der Waals surface area contributed by atoms with Gasteiger partial charge in [0.1, 0.15) is 16.5 Å². The molecule has 0 spiro atoms. The molecule has 2 rings (SSSR count). The van der Waals surface area contributed by atoms with Gasteiger partial charge in [-0.2, -0.15) is 0 Å². The van der Waals surface area contributed by atoms with E-state index < -0.39 is 26.5 Å². The highest BCUT2D eigenvalue weighted by molar-refractivity contribution is 7.90. The van der Waals surface area contributed by atoms with Crippen molar-refractivity contribution in [2.24, 2.45) is 0 Å². The lowest BCUT2D eigenvalue weighted by molar-refractivity contribution is 0.0938. The summed E-state index contributed by atoms with van der Waals surface area (Å²) < 4.78 is 42.5. The molecule has 28 heavy (non-hydrogen) atoms. The van der Waals surface area contributed by atoms with Crippen LogP contribution in [0.2, 0.25) is 0 Å². The average Bonchev–Trinajstić information content (AvgIpc) is 2.60. The zero-order valence-corrected chi connectivity index (χ0v) is 17.3. The number of rotatable bonds is 8. The van der Waals surface area contributed by atoms with E-state index in [0.29, 0.717) is 6.42 Å². The quantitative estimate of drug-likeness (QED) is 0.723. The molecule has 0 aliphatic heterocycles. The third kappa shape index (κ3) is 6.34. The van der Waals surface area contributed by atoms with Crippen LogP contribution in [0.4, 0.5) is 4.39 Å². The fourth-order valence-corrected chi connectivity index (χ4v) is 3.46. The predicted molar refractivity (Wildman–Crippen MR) is 107 cm³/mol. The molecule has 0 heterocycles. The summed E-state index contributed by atoms with van der Waals surface area (Å²) in [5.41, 5.74) is 1.24. The Morgan fingerprint density at radius 2 is 1.75 bits per heavy atom. The Labute approximate surface area is 165 Å². The van der Waals surface area contributed by atoms with Crippen LogP contribution in [0.1, 0.15) is 43.1 Å². The summed E-state index contributed by atoms with van der Waals surface area (Å²) in [6.07, 6.45) is 2.50. The highest BCUT2D eigenvalue weighted by Gasteiger charge is 2.18. The van der Waals surface area contributed by atoms with Gasteiger partial charge < -0.3 is 10.1 Å². The molecule has 0 saturated carbocycles. The minimum atomic E-state index is -3.74. The average molecular weight is 408 g/mol. The number of hydrogen-bond acceptors (Lipinski definition) is 4. The van der Waals surface area contributed by atoms with Crippen LogP contribution in [0.15, 0.2) is 47.4 Å². The number of sulfone groups is 1. The van der Waals surface area contributed by atoms with Gasteiger partial charge in [-0.1, -0.05) is 12.1 Å². The maximum Gasteiger partial charge on any atom is 0.251 e. The van der Waals surface area contributed by atoms with E-state index in [1.807, 2.05) is 45.0 Å². The first kappa shape index (κ1) is 21.9. The lowest BCUT2D eigenvalue weighted by Gasteiger charge is -2.15. The first-order chi connectivity index (χ1) is 13.1. The molecule has 2 aromatic rings. The first-order valence-corrected chi connectivity index (χ1v) is 11.0. The smallest absolute Gasteiger partial charge is 0.251 e. The zero-order valence-electron chi connectivity index (χ0n) is 16.5. The van der Waals surface area contributed by atoms with Crippen molar-refractivity contribution in [3.8, 4) is 5.75 Å². The maximum absolute atomic E-state index is 13.7. The topological polar surface area (TPSA) is 72.5 Å². The van der Waals surface area contributed by atoms with Gasteiger partial charge in [-0.3, -0.25) is 4.79 Å². The van der Waals surface area contributed by atoms with Crippen LogP contribution in [-0.2, 0) is 16.3 Å². The minimum Gasteiger partial charge on any atom is -0.491 e. The van der Waals surface area contributed by atoms with Gasteiger partial charge in [-0.15, -0.1) is 0 Å². The van der Waals surface area contributed by atoms with Gasteiger partial charge >= 0.3 is 0 Å². The van der Waals surface area contributed by atoms with Crippen LogP contribution < -0.4 is 10.1 Å². The molecule has 0 bridgehead atoms. The van der Waals surface area contributed by atoms with E-state index in [9.17, 15) is 17.6 Å². The monoisotopic (exact) mass is 407 g/mol. The van der Waals surface area contributed by atoms with E-state index in [-0.39, 0.29) is 17.7 Å². The van der Waals surface area contributed by atoms with Crippen LogP contribution in [0.3, 0.4) is 0 Å². The van der Waals surface area contributed by atoms with E-state index in [2.05, 4.69) is 5.32 Å². The second kappa shape index (κ2) is 9.19. The molecule has 1 amide bonds. The molecule has 1 unspecified atom stereocenters. The highest BCUT2D eigenvalue weighted by atomic mass is 32.2. The highest BCUT2D eigenvalue weighted by Crippen LogP contribution is 2.17. The van der Waals surface area contributed by atoms with Gasteiger partial charge in [0.05, 0.1) is 6.10 Å². The molecular formula is C21H26FNO4S. The summed E-state index contributed by atoms with van der Waals surface area (Å²) in [5.74, 6) is -0.479. The fraction of sp³-hybridized carbons (Fsp3) is 0.381. The number of nitrogens with one attached hydrogen (secondary N) is 1. The largest absolute Gasteiger partial charge is 0.491 e. The Morgan fingerprint density at radius 1 is 1.11 bits per heavy atom. The number of halogens is 1. The van der Waals surface area contributed by atoms with Crippen molar-refractivity contribution in [2.75, 3.05) is 6.26 Å². The molecule has 7 heteroatoms. The van der Waals surface area contributed by atoms with Crippen LogP contribution in [0.25, 0.3) is 0 Å². The van der Waals surface area contributed by atoms with Crippen LogP contribution in [0, 0.1) is 5.82 Å². The molecule has 0 aliphatic carbocycles. The van der Waals surface area contributed by atoms with Crippen molar-refractivity contribution >= 4 is 15.7 Å². The molecule has 0 aliphatic rings. The Hall–Kier alpha value is -2.41. The summed E-state index contributed by atoms with van der Waals surface area (Å²) in [7, 11) is -3.74. The maximum atomic E-state index is 13.7. The number of benzene rings is 2. The van der Waals surface area contributed by atoms with Gasteiger partial charge in [0.25, 0.3) is 5.91 Å². The first-order valence-electron chi connectivity index (χ1n) is 9.12. The molecule has 0 aromatic heterocycles. The van der Waals surface area contributed by atoms with Gasteiger partial charge in [-0.25, -0.2) is 12.8 Å². The van der Waals surface area contributed by atoms with E-state index in [0.717, 1.165) is 36.1 Å². The van der Waals surface area contributed by atoms with Crippen molar-refractivity contribution in [1.29, 1.82) is 0 Å². The van der Waals surface area contributed by atoms with Gasteiger partial charge in [0.2, 0.25) is 0 Å². The Kier molecular flexibility index (Phi) is 7.18. The van der Waals surface area contributed by atoms with Crippen molar-refractivity contribution in [2.45, 2.75) is 50.7 Å². The molecule has 2 aromatic carbocycles. The summed E-state index contributed by atoms with van der Waals surface area (Å²) in [6, 6.07) is 11.0. The fourth-order valence-electron chi connectivity index (χ4n) is 2.70. The van der Waals surface area contributed by atoms with Gasteiger partial charge in [0, 0.05) is 17.9 Å². The van der Waals surface area contributed by atoms with Crippen molar-refractivity contribution in [1.82, 2.24) is 5.32 Å². The number of amides is 1. The van der Waals surface area contributed by atoms with E-state index in [1.165, 1.54) is 6.07 Å². The SMILES string of the molecule is CC(CCc1ccc(OC(C)C)cc1)NC(=O)c1ccc(F)c(S(C)(=O)=O)c1. The van der Waals surface area contributed by atoms with E-state index in [1.54, 1.807) is 0 Å². The van der Waals surface area contributed by atoms with Crippen molar-refractivity contribution in [3.05, 3.63) is 59.4 Å². The Morgan fingerprint density at radius 3 is 2.32 bits per heavy atom. The third-order valence-electron chi connectivity index (χ3n) is 4.13. The van der Waals surface area contributed by atoms with E-state index in [4.69, 9.17) is 4.74 Å². The number of carbonyl (C=O) groups excluding carboxylic acids is 1. The number of hydrogen-bond donors (Lipinski definition) is 1. The number of carbonyl (C=O) groups is 1. The summed E-state index contributed by atoms with van der Waals surface area (Å²) in [4.78, 5) is 11.9. The number of ether oxygens (including phenoxy) is 1. The van der Waals surface area contributed by atoms with E-state index >= 15 is 0 Å². The van der Waals surface area contributed by atoms with Crippen molar-refractivity contribution in [3.63, 3.8) is 0 Å². The lowest BCUT2D eigenvalue weighted by Crippen LogP contribution is -2.33. The molecule has 0 fully saturated rings. The predicted octanol–water partition coefficient (Wildman–Crippen LogP) is 3.77.